The largest absolute Gasteiger partial charge is 0.396 e. The Hall–Kier alpha value is -1.82. The second-order valence-corrected chi connectivity index (χ2v) is 7.72. The standard InChI is InChI=1S/C20H33N3O7/c24-10-7-14-5-6-15(16(11-14)23(29)30)21-8-3-1-2-4-9-22-12-18(26)20(28)19(27)17(22)13-25/h5-6,11,17-21,24-28H,1-4,7-10,12-13H2/t17-,18+,19-,20-/m1/s1. The first-order valence-corrected chi connectivity index (χ1v) is 10.4. The lowest BCUT2D eigenvalue weighted by Crippen LogP contribution is -2.62. The van der Waals surface area contributed by atoms with E-state index in [1.807, 2.05) is 0 Å². The van der Waals surface area contributed by atoms with E-state index >= 15 is 0 Å². The Kier molecular flexibility index (Phi) is 9.89. The Balaban J connectivity index is 1.70. The third kappa shape index (κ3) is 6.59. The van der Waals surface area contributed by atoms with E-state index in [0.29, 0.717) is 25.2 Å². The molecule has 0 amide bonds. The number of rotatable bonds is 12. The maximum Gasteiger partial charge on any atom is 0.292 e. The van der Waals surface area contributed by atoms with Gasteiger partial charge in [-0.05, 0) is 37.4 Å². The molecule has 2 rings (SSSR count). The number of hydrogen-bond donors (Lipinski definition) is 6. The Morgan fingerprint density at radius 2 is 1.83 bits per heavy atom. The normalized spacial score (nSPS) is 24.7. The fourth-order valence-corrected chi connectivity index (χ4v) is 3.81. The average Bonchev–Trinajstić information content (AvgIpc) is 2.72. The molecule has 170 valence electrons. The van der Waals surface area contributed by atoms with Gasteiger partial charge in [0.15, 0.2) is 0 Å². The minimum absolute atomic E-state index is 0.000367. The number of hydrogen-bond acceptors (Lipinski definition) is 9. The van der Waals surface area contributed by atoms with Crippen molar-refractivity contribution in [2.24, 2.45) is 0 Å². The molecule has 1 saturated heterocycles. The molecule has 4 atom stereocenters. The third-order valence-electron chi connectivity index (χ3n) is 5.56. The quantitative estimate of drug-likeness (QED) is 0.152. The van der Waals surface area contributed by atoms with Crippen LogP contribution in [-0.4, -0.2) is 92.6 Å². The molecular formula is C20H33N3O7. The zero-order valence-electron chi connectivity index (χ0n) is 17.1. The number of benzene rings is 1. The summed E-state index contributed by atoms with van der Waals surface area (Å²) >= 11 is 0. The molecule has 1 fully saturated rings. The molecule has 1 aliphatic rings. The van der Waals surface area contributed by atoms with Crippen LogP contribution in [0.3, 0.4) is 0 Å². The summed E-state index contributed by atoms with van der Waals surface area (Å²) in [6.45, 7) is 1.05. The number of anilines is 1. The number of unbranched alkanes of at least 4 members (excludes halogenated alkanes) is 3. The molecule has 1 aromatic rings. The van der Waals surface area contributed by atoms with Crippen LogP contribution in [0.5, 0.6) is 0 Å². The molecule has 0 saturated carbocycles. The number of piperidine rings is 1. The summed E-state index contributed by atoms with van der Waals surface area (Å²) in [6.07, 6.45) is 0.338. The van der Waals surface area contributed by atoms with Gasteiger partial charge in [0.25, 0.3) is 5.69 Å². The van der Waals surface area contributed by atoms with E-state index in [1.165, 1.54) is 6.07 Å². The van der Waals surface area contributed by atoms with Gasteiger partial charge in [0, 0.05) is 25.8 Å². The van der Waals surface area contributed by atoms with Crippen LogP contribution in [0, 0.1) is 10.1 Å². The summed E-state index contributed by atoms with van der Waals surface area (Å²) in [5, 5.41) is 62.3. The number of nitrogens with zero attached hydrogens (tertiary/aromatic N) is 2. The van der Waals surface area contributed by atoms with E-state index in [-0.39, 0.29) is 25.4 Å². The maximum atomic E-state index is 11.2. The first-order chi connectivity index (χ1) is 14.4. The number of β-amino-alcohol motifs (C(OH)–C–C–N with tert-alkyl or cyclic N) is 1. The van der Waals surface area contributed by atoms with Crippen LogP contribution in [0.15, 0.2) is 18.2 Å². The highest BCUT2D eigenvalue weighted by Crippen LogP contribution is 2.26. The summed E-state index contributed by atoms with van der Waals surface area (Å²) in [5.41, 5.74) is 1.18. The van der Waals surface area contributed by atoms with Crippen molar-refractivity contribution in [1.82, 2.24) is 4.90 Å². The van der Waals surface area contributed by atoms with Crippen molar-refractivity contribution in [3.63, 3.8) is 0 Å². The van der Waals surface area contributed by atoms with Crippen molar-refractivity contribution in [3.05, 3.63) is 33.9 Å². The van der Waals surface area contributed by atoms with Crippen LogP contribution < -0.4 is 5.32 Å². The monoisotopic (exact) mass is 427 g/mol. The topological polar surface area (TPSA) is 160 Å². The second-order valence-electron chi connectivity index (χ2n) is 7.72. The highest BCUT2D eigenvalue weighted by atomic mass is 16.6. The number of nitro benzene ring substituents is 1. The van der Waals surface area contributed by atoms with Crippen molar-refractivity contribution in [1.29, 1.82) is 0 Å². The Labute approximate surface area is 175 Å². The summed E-state index contributed by atoms with van der Waals surface area (Å²) in [4.78, 5) is 12.6. The molecule has 1 aromatic carbocycles. The molecule has 1 heterocycles. The number of likely N-dealkylation sites (tertiary alicyclic amines) is 1. The third-order valence-corrected chi connectivity index (χ3v) is 5.56. The molecule has 10 nitrogen and oxygen atoms in total. The van der Waals surface area contributed by atoms with Crippen LogP contribution in [0.2, 0.25) is 0 Å². The van der Waals surface area contributed by atoms with Crippen LogP contribution >= 0.6 is 0 Å². The number of nitrogens with one attached hydrogen (secondary N) is 1. The Bertz CT molecular complexity index is 676. The van der Waals surface area contributed by atoms with Crippen molar-refractivity contribution in [2.45, 2.75) is 56.5 Å². The van der Waals surface area contributed by atoms with E-state index in [1.54, 1.807) is 17.0 Å². The van der Waals surface area contributed by atoms with E-state index in [9.17, 15) is 30.5 Å². The predicted molar refractivity (Wildman–Crippen MR) is 111 cm³/mol. The molecule has 0 bridgehead atoms. The molecule has 0 aliphatic carbocycles. The van der Waals surface area contributed by atoms with Crippen molar-refractivity contribution < 1.29 is 30.5 Å². The summed E-state index contributed by atoms with van der Waals surface area (Å²) in [5.74, 6) is 0. The minimum Gasteiger partial charge on any atom is -0.396 e. The van der Waals surface area contributed by atoms with Crippen LogP contribution in [0.4, 0.5) is 11.4 Å². The van der Waals surface area contributed by atoms with E-state index in [0.717, 1.165) is 31.2 Å². The molecule has 0 aromatic heterocycles. The lowest BCUT2D eigenvalue weighted by atomic mass is 9.94. The van der Waals surface area contributed by atoms with Crippen molar-refractivity contribution in [2.75, 3.05) is 38.2 Å². The summed E-state index contributed by atoms with van der Waals surface area (Å²) in [7, 11) is 0. The number of aliphatic hydroxyl groups is 5. The highest BCUT2D eigenvalue weighted by molar-refractivity contribution is 5.62. The van der Waals surface area contributed by atoms with Crippen LogP contribution in [0.1, 0.15) is 31.2 Å². The first kappa shape index (κ1) is 24.4. The molecule has 0 unspecified atom stereocenters. The number of nitro groups is 1. The van der Waals surface area contributed by atoms with Crippen LogP contribution in [0.25, 0.3) is 0 Å². The van der Waals surface area contributed by atoms with Gasteiger partial charge in [-0.15, -0.1) is 0 Å². The zero-order chi connectivity index (χ0) is 22.1. The molecule has 0 radical (unpaired) electrons. The summed E-state index contributed by atoms with van der Waals surface area (Å²) in [6, 6.07) is 4.33. The number of aliphatic hydroxyl groups excluding tert-OH is 5. The van der Waals surface area contributed by atoms with Gasteiger partial charge >= 0.3 is 0 Å². The van der Waals surface area contributed by atoms with Crippen molar-refractivity contribution >= 4 is 11.4 Å². The summed E-state index contributed by atoms with van der Waals surface area (Å²) < 4.78 is 0. The Morgan fingerprint density at radius 1 is 1.10 bits per heavy atom. The fraction of sp³-hybridized carbons (Fsp3) is 0.700. The lowest BCUT2D eigenvalue weighted by Gasteiger charge is -2.43. The molecule has 1 aliphatic heterocycles. The van der Waals surface area contributed by atoms with E-state index < -0.39 is 29.3 Å². The van der Waals surface area contributed by atoms with E-state index in [4.69, 9.17) is 5.11 Å². The van der Waals surface area contributed by atoms with Gasteiger partial charge in [0.2, 0.25) is 0 Å². The predicted octanol–water partition coefficient (Wildman–Crippen LogP) is -0.139. The van der Waals surface area contributed by atoms with Gasteiger partial charge in [-0.3, -0.25) is 15.0 Å². The van der Waals surface area contributed by atoms with Crippen LogP contribution in [-0.2, 0) is 6.42 Å². The highest BCUT2D eigenvalue weighted by Gasteiger charge is 2.40. The maximum absolute atomic E-state index is 11.2. The van der Waals surface area contributed by atoms with Gasteiger partial charge in [-0.1, -0.05) is 18.9 Å². The lowest BCUT2D eigenvalue weighted by molar-refractivity contribution is -0.384. The Morgan fingerprint density at radius 3 is 2.50 bits per heavy atom. The second kappa shape index (κ2) is 12.1. The molecule has 10 heteroatoms. The zero-order valence-corrected chi connectivity index (χ0v) is 17.1. The fourth-order valence-electron chi connectivity index (χ4n) is 3.81. The average molecular weight is 427 g/mol. The van der Waals surface area contributed by atoms with Gasteiger partial charge in [0.1, 0.15) is 17.9 Å². The minimum atomic E-state index is -1.24. The molecular weight excluding hydrogens is 394 g/mol. The molecule has 6 N–H and O–H groups in total. The van der Waals surface area contributed by atoms with Gasteiger partial charge in [-0.25, -0.2) is 0 Å². The van der Waals surface area contributed by atoms with E-state index in [2.05, 4.69) is 5.32 Å². The molecule has 0 spiro atoms. The smallest absolute Gasteiger partial charge is 0.292 e. The van der Waals surface area contributed by atoms with Gasteiger partial charge < -0.3 is 30.8 Å². The van der Waals surface area contributed by atoms with Crippen molar-refractivity contribution in [3.8, 4) is 0 Å². The molecule has 30 heavy (non-hydrogen) atoms. The first-order valence-electron chi connectivity index (χ1n) is 10.4. The van der Waals surface area contributed by atoms with Gasteiger partial charge in [-0.2, -0.15) is 0 Å². The van der Waals surface area contributed by atoms with Gasteiger partial charge in [0.05, 0.1) is 23.7 Å². The SMILES string of the molecule is O=[N+]([O-])c1cc(CCO)ccc1NCCCCCCN1C[C@H](O)[C@@H](O)[C@H](O)[C@H]1CO.